The van der Waals surface area contributed by atoms with Crippen LogP contribution in [0.3, 0.4) is 0 Å². The highest BCUT2D eigenvalue weighted by Gasteiger charge is 2.02. The van der Waals surface area contributed by atoms with E-state index in [4.69, 9.17) is 0 Å². The molecule has 2 aromatic carbocycles. The van der Waals surface area contributed by atoms with E-state index in [0.717, 1.165) is 20.3 Å². The van der Waals surface area contributed by atoms with E-state index in [0.29, 0.717) is 5.75 Å². The van der Waals surface area contributed by atoms with Crippen LogP contribution in [0.4, 0.5) is 0 Å². The van der Waals surface area contributed by atoms with E-state index < -0.39 is 0 Å². The van der Waals surface area contributed by atoms with E-state index in [1.54, 1.807) is 18.0 Å². The second-order valence-electron chi connectivity index (χ2n) is 4.43. The van der Waals surface area contributed by atoms with Crippen molar-refractivity contribution in [2.75, 3.05) is 5.75 Å². The summed E-state index contributed by atoms with van der Waals surface area (Å²) in [5.74, 6) is 1.05. The van der Waals surface area contributed by atoms with Gasteiger partial charge < -0.3 is 0 Å². The van der Waals surface area contributed by atoms with Crippen LogP contribution in [0.1, 0.15) is 11.1 Å². The van der Waals surface area contributed by atoms with E-state index >= 15 is 0 Å². The van der Waals surface area contributed by atoms with Crippen LogP contribution in [0, 0.1) is 0 Å². The van der Waals surface area contributed by atoms with Crippen molar-refractivity contribution >= 4 is 55.7 Å². The molecule has 0 bridgehead atoms. The predicted octanol–water partition coefficient (Wildman–Crippen LogP) is 4.60. The Labute approximate surface area is 150 Å². The molecular formula is C16H14Br2N2OS. The fraction of sp³-hybridized carbons (Fsp3) is 0.125. The van der Waals surface area contributed by atoms with Crippen LogP contribution >= 0.6 is 43.6 Å². The molecule has 0 unspecified atom stereocenters. The lowest BCUT2D eigenvalue weighted by atomic mass is 10.2. The van der Waals surface area contributed by atoms with E-state index in [-0.39, 0.29) is 5.91 Å². The summed E-state index contributed by atoms with van der Waals surface area (Å²) in [5.41, 5.74) is 4.65. The zero-order valence-corrected chi connectivity index (χ0v) is 15.6. The third kappa shape index (κ3) is 5.94. The van der Waals surface area contributed by atoms with Crippen molar-refractivity contribution in [3.05, 3.63) is 68.6 Å². The fourth-order valence-corrected chi connectivity index (χ4v) is 3.33. The standard InChI is InChI=1S/C16H14Br2N2OS/c17-14-7-5-12(6-8-14)9-19-20-16(21)11-22-10-13-3-1-2-4-15(13)18/h1-9H,10-11H2,(H,20,21)/b19-9-. The molecule has 22 heavy (non-hydrogen) atoms. The Bertz CT molecular complexity index is 659. The molecule has 0 atom stereocenters. The van der Waals surface area contributed by atoms with Crippen LogP contribution in [-0.2, 0) is 10.5 Å². The number of thioether (sulfide) groups is 1. The summed E-state index contributed by atoms with van der Waals surface area (Å²) in [6.07, 6.45) is 1.63. The average molecular weight is 442 g/mol. The van der Waals surface area contributed by atoms with Gasteiger partial charge in [-0.2, -0.15) is 5.10 Å². The SMILES string of the molecule is O=C(CSCc1ccccc1Br)N/N=C\c1ccc(Br)cc1. The third-order valence-electron chi connectivity index (χ3n) is 2.72. The zero-order chi connectivity index (χ0) is 15.8. The van der Waals surface area contributed by atoms with Gasteiger partial charge in [-0.3, -0.25) is 4.79 Å². The Balaban J connectivity index is 1.72. The van der Waals surface area contributed by atoms with Crippen molar-refractivity contribution in [3.63, 3.8) is 0 Å². The molecule has 2 rings (SSSR count). The Hall–Kier alpha value is -1.11. The van der Waals surface area contributed by atoms with Crippen molar-refractivity contribution in [2.45, 2.75) is 5.75 Å². The van der Waals surface area contributed by atoms with E-state index in [2.05, 4.69) is 42.4 Å². The topological polar surface area (TPSA) is 41.5 Å². The summed E-state index contributed by atoms with van der Waals surface area (Å²) in [6.45, 7) is 0. The van der Waals surface area contributed by atoms with Gasteiger partial charge in [0.1, 0.15) is 0 Å². The first kappa shape index (κ1) is 17.2. The van der Waals surface area contributed by atoms with Gasteiger partial charge in [-0.05, 0) is 29.3 Å². The number of carbonyl (C=O) groups excluding carboxylic acids is 1. The lowest BCUT2D eigenvalue weighted by Crippen LogP contribution is -2.19. The fourth-order valence-electron chi connectivity index (χ4n) is 1.63. The molecule has 3 nitrogen and oxygen atoms in total. The molecule has 2 aromatic rings. The first-order valence-electron chi connectivity index (χ1n) is 6.54. The van der Waals surface area contributed by atoms with Gasteiger partial charge in [-0.25, -0.2) is 5.43 Å². The molecule has 0 aromatic heterocycles. The molecule has 1 N–H and O–H groups in total. The van der Waals surface area contributed by atoms with Gasteiger partial charge in [-0.1, -0.05) is 62.2 Å². The Morgan fingerprint density at radius 3 is 2.59 bits per heavy atom. The smallest absolute Gasteiger partial charge is 0.250 e. The summed E-state index contributed by atoms with van der Waals surface area (Å²) in [7, 11) is 0. The molecule has 0 aliphatic rings. The molecule has 0 heterocycles. The summed E-state index contributed by atoms with van der Waals surface area (Å²) >= 11 is 8.42. The van der Waals surface area contributed by atoms with Gasteiger partial charge >= 0.3 is 0 Å². The molecule has 114 valence electrons. The molecule has 0 aliphatic carbocycles. The largest absolute Gasteiger partial charge is 0.272 e. The second-order valence-corrected chi connectivity index (χ2v) is 7.18. The van der Waals surface area contributed by atoms with Gasteiger partial charge in [-0.15, -0.1) is 11.8 Å². The Kier molecular flexibility index (Phi) is 7.15. The molecule has 1 amide bonds. The van der Waals surface area contributed by atoms with E-state index in [1.807, 2.05) is 48.5 Å². The summed E-state index contributed by atoms with van der Waals surface area (Å²) in [5, 5.41) is 3.95. The van der Waals surface area contributed by atoms with Crippen molar-refractivity contribution in [1.82, 2.24) is 5.43 Å². The molecule has 0 saturated heterocycles. The highest BCUT2D eigenvalue weighted by atomic mass is 79.9. The number of rotatable bonds is 6. The van der Waals surface area contributed by atoms with Crippen LogP contribution in [0.15, 0.2) is 62.6 Å². The van der Waals surface area contributed by atoms with Gasteiger partial charge in [0.15, 0.2) is 0 Å². The highest BCUT2D eigenvalue weighted by molar-refractivity contribution is 9.10. The molecule has 0 aliphatic heterocycles. The van der Waals surface area contributed by atoms with Crippen LogP contribution in [0.2, 0.25) is 0 Å². The number of carbonyl (C=O) groups is 1. The number of hydrogen-bond donors (Lipinski definition) is 1. The van der Waals surface area contributed by atoms with Crippen LogP contribution in [0.5, 0.6) is 0 Å². The van der Waals surface area contributed by atoms with E-state index in [9.17, 15) is 4.79 Å². The minimum absolute atomic E-state index is 0.106. The first-order valence-corrected chi connectivity index (χ1v) is 9.28. The molecule has 0 fully saturated rings. The number of benzene rings is 2. The second kappa shape index (κ2) is 9.12. The number of nitrogens with one attached hydrogen (secondary N) is 1. The Morgan fingerprint density at radius 2 is 1.86 bits per heavy atom. The molecule has 6 heteroatoms. The monoisotopic (exact) mass is 440 g/mol. The predicted molar refractivity (Wildman–Crippen MR) is 100 cm³/mol. The van der Waals surface area contributed by atoms with Crippen molar-refractivity contribution in [2.24, 2.45) is 5.10 Å². The van der Waals surface area contributed by atoms with Gasteiger partial charge in [0, 0.05) is 14.7 Å². The van der Waals surface area contributed by atoms with E-state index in [1.165, 1.54) is 5.56 Å². The van der Waals surface area contributed by atoms with Crippen molar-refractivity contribution in [1.29, 1.82) is 0 Å². The molecular weight excluding hydrogens is 428 g/mol. The number of amides is 1. The minimum atomic E-state index is -0.106. The maximum atomic E-state index is 11.7. The highest BCUT2D eigenvalue weighted by Crippen LogP contribution is 2.21. The normalized spacial score (nSPS) is 10.8. The number of halogens is 2. The lowest BCUT2D eigenvalue weighted by Gasteiger charge is -2.03. The van der Waals surface area contributed by atoms with Crippen LogP contribution < -0.4 is 5.43 Å². The minimum Gasteiger partial charge on any atom is -0.272 e. The van der Waals surface area contributed by atoms with Crippen LogP contribution in [-0.4, -0.2) is 17.9 Å². The van der Waals surface area contributed by atoms with Crippen LogP contribution in [0.25, 0.3) is 0 Å². The van der Waals surface area contributed by atoms with Gasteiger partial charge in [0.25, 0.3) is 0 Å². The maximum absolute atomic E-state index is 11.7. The third-order valence-corrected chi connectivity index (χ3v) is 5.01. The van der Waals surface area contributed by atoms with Crippen molar-refractivity contribution < 1.29 is 4.79 Å². The van der Waals surface area contributed by atoms with Gasteiger partial charge in [0.05, 0.1) is 12.0 Å². The average Bonchev–Trinajstić information content (AvgIpc) is 2.51. The van der Waals surface area contributed by atoms with Gasteiger partial charge in [0.2, 0.25) is 5.91 Å². The molecule has 0 saturated carbocycles. The zero-order valence-electron chi connectivity index (χ0n) is 11.6. The molecule has 0 radical (unpaired) electrons. The number of hydrogen-bond acceptors (Lipinski definition) is 3. The summed E-state index contributed by atoms with van der Waals surface area (Å²) < 4.78 is 2.08. The number of nitrogens with zero attached hydrogens (tertiary/aromatic N) is 1. The molecule has 0 spiro atoms. The maximum Gasteiger partial charge on any atom is 0.250 e. The summed E-state index contributed by atoms with van der Waals surface area (Å²) in [4.78, 5) is 11.7. The lowest BCUT2D eigenvalue weighted by molar-refractivity contribution is -0.118. The Morgan fingerprint density at radius 1 is 1.14 bits per heavy atom. The first-order chi connectivity index (χ1) is 10.6. The summed E-state index contributed by atoms with van der Waals surface area (Å²) in [6, 6.07) is 15.7. The quantitative estimate of drug-likeness (QED) is 0.525. The van der Waals surface area contributed by atoms with Crippen molar-refractivity contribution in [3.8, 4) is 0 Å². The number of hydrazone groups is 1.